The summed E-state index contributed by atoms with van der Waals surface area (Å²) in [4.78, 5) is 12.6. The fourth-order valence-electron chi connectivity index (χ4n) is 3.30. The lowest BCUT2D eigenvalue weighted by molar-refractivity contribution is 0.102. The van der Waals surface area contributed by atoms with E-state index in [1.807, 2.05) is 55.1 Å². The van der Waals surface area contributed by atoms with Gasteiger partial charge in [0.05, 0.1) is 18.4 Å². The summed E-state index contributed by atoms with van der Waals surface area (Å²) in [5.41, 5.74) is 4.61. The molecule has 1 amide bonds. The molecule has 1 heterocycles. The van der Waals surface area contributed by atoms with Gasteiger partial charge in [-0.2, -0.15) is 5.10 Å². The van der Waals surface area contributed by atoms with Crippen molar-refractivity contribution in [2.75, 3.05) is 5.32 Å². The van der Waals surface area contributed by atoms with Gasteiger partial charge in [0.25, 0.3) is 5.91 Å². The topological polar surface area (TPSA) is 46.9 Å². The first-order valence-electron chi connectivity index (χ1n) is 8.98. The fraction of sp³-hybridized carbons (Fsp3) is 0.130. The van der Waals surface area contributed by atoms with Crippen LogP contribution in [-0.4, -0.2) is 15.7 Å². The normalized spacial score (nSPS) is 10.9. The zero-order chi connectivity index (χ0) is 18.8. The lowest BCUT2D eigenvalue weighted by Crippen LogP contribution is -2.13. The predicted octanol–water partition coefficient (Wildman–Crippen LogP) is 4.95. The average Bonchev–Trinajstić information content (AvgIpc) is 3.11. The highest BCUT2D eigenvalue weighted by atomic mass is 16.1. The number of aryl methyl sites for hydroxylation is 2. The molecule has 4 aromatic rings. The fourth-order valence-corrected chi connectivity index (χ4v) is 3.30. The highest BCUT2D eigenvalue weighted by Gasteiger charge is 2.11. The summed E-state index contributed by atoms with van der Waals surface area (Å²) in [5, 5.41) is 9.79. The van der Waals surface area contributed by atoms with Crippen LogP contribution >= 0.6 is 0 Å². The zero-order valence-electron chi connectivity index (χ0n) is 15.4. The molecule has 0 unspecified atom stereocenters. The first kappa shape index (κ1) is 17.0. The molecule has 0 aliphatic rings. The van der Waals surface area contributed by atoms with E-state index in [0.29, 0.717) is 17.8 Å². The Balaban J connectivity index is 1.53. The molecule has 0 saturated carbocycles. The second-order valence-corrected chi connectivity index (χ2v) is 6.84. The number of anilines is 1. The number of rotatable bonds is 4. The predicted molar refractivity (Wildman–Crippen MR) is 109 cm³/mol. The average molecular weight is 355 g/mol. The van der Waals surface area contributed by atoms with Gasteiger partial charge in [0.2, 0.25) is 0 Å². The molecule has 27 heavy (non-hydrogen) atoms. The van der Waals surface area contributed by atoms with Crippen molar-refractivity contribution < 1.29 is 4.79 Å². The molecule has 0 saturated heterocycles. The third-order valence-corrected chi connectivity index (χ3v) is 4.74. The van der Waals surface area contributed by atoms with E-state index in [0.717, 1.165) is 11.1 Å². The SMILES string of the molecule is Cc1ccc(C)c(C(=O)Nc2cnn(Cc3cccc4ccccc34)c2)c1. The molecular weight excluding hydrogens is 334 g/mol. The Morgan fingerprint density at radius 3 is 2.74 bits per heavy atom. The van der Waals surface area contributed by atoms with Crippen molar-refractivity contribution in [3.8, 4) is 0 Å². The molecule has 4 rings (SSSR count). The quantitative estimate of drug-likeness (QED) is 0.563. The van der Waals surface area contributed by atoms with Gasteiger partial charge in [-0.05, 0) is 41.8 Å². The van der Waals surface area contributed by atoms with Crippen molar-refractivity contribution >= 4 is 22.4 Å². The maximum absolute atomic E-state index is 12.6. The monoisotopic (exact) mass is 355 g/mol. The van der Waals surface area contributed by atoms with Crippen LogP contribution in [-0.2, 0) is 6.54 Å². The first-order chi connectivity index (χ1) is 13.1. The van der Waals surface area contributed by atoms with Gasteiger partial charge in [0, 0.05) is 11.8 Å². The zero-order valence-corrected chi connectivity index (χ0v) is 15.4. The second-order valence-electron chi connectivity index (χ2n) is 6.84. The number of fused-ring (bicyclic) bond motifs is 1. The summed E-state index contributed by atoms with van der Waals surface area (Å²) in [6, 6.07) is 20.5. The number of carbonyl (C=O) groups excluding carboxylic acids is 1. The van der Waals surface area contributed by atoms with E-state index in [9.17, 15) is 4.79 Å². The Hall–Kier alpha value is -3.40. The largest absolute Gasteiger partial charge is 0.319 e. The standard InChI is InChI=1S/C23H21N3O/c1-16-10-11-17(2)22(12-16)23(27)25-20-13-24-26(15-20)14-19-8-5-7-18-6-3-4-9-21(18)19/h3-13,15H,14H2,1-2H3,(H,25,27). The number of nitrogens with one attached hydrogen (secondary N) is 1. The van der Waals surface area contributed by atoms with Crippen LogP contribution in [0.2, 0.25) is 0 Å². The van der Waals surface area contributed by atoms with Crippen molar-refractivity contribution in [3.63, 3.8) is 0 Å². The summed E-state index contributed by atoms with van der Waals surface area (Å²) in [6.45, 7) is 4.58. The van der Waals surface area contributed by atoms with E-state index in [1.165, 1.54) is 16.3 Å². The van der Waals surface area contributed by atoms with Gasteiger partial charge in [0.1, 0.15) is 0 Å². The summed E-state index contributed by atoms with van der Waals surface area (Å²) in [5.74, 6) is -0.110. The Morgan fingerprint density at radius 2 is 1.85 bits per heavy atom. The Kier molecular flexibility index (Phi) is 4.47. The van der Waals surface area contributed by atoms with E-state index >= 15 is 0 Å². The maximum atomic E-state index is 12.6. The Morgan fingerprint density at radius 1 is 1.04 bits per heavy atom. The minimum Gasteiger partial charge on any atom is -0.319 e. The van der Waals surface area contributed by atoms with Crippen LogP contribution in [0, 0.1) is 13.8 Å². The van der Waals surface area contributed by atoms with Gasteiger partial charge >= 0.3 is 0 Å². The molecule has 3 aromatic carbocycles. The Bertz CT molecular complexity index is 1120. The molecule has 4 nitrogen and oxygen atoms in total. The first-order valence-corrected chi connectivity index (χ1v) is 8.98. The van der Waals surface area contributed by atoms with Gasteiger partial charge in [0.15, 0.2) is 0 Å². The Labute approximate surface area is 158 Å². The van der Waals surface area contributed by atoms with Crippen molar-refractivity contribution in [1.82, 2.24) is 9.78 Å². The lowest BCUT2D eigenvalue weighted by atomic mass is 10.0. The van der Waals surface area contributed by atoms with Crippen LogP contribution in [0.25, 0.3) is 10.8 Å². The number of hydrogen-bond acceptors (Lipinski definition) is 2. The highest BCUT2D eigenvalue weighted by Crippen LogP contribution is 2.20. The molecule has 1 N–H and O–H groups in total. The van der Waals surface area contributed by atoms with Gasteiger partial charge in [-0.3, -0.25) is 9.48 Å². The van der Waals surface area contributed by atoms with E-state index in [4.69, 9.17) is 0 Å². The van der Waals surface area contributed by atoms with Crippen LogP contribution in [0.5, 0.6) is 0 Å². The summed E-state index contributed by atoms with van der Waals surface area (Å²) in [6.07, 6.45) is 3.55. The van der Waals surface area contributed by atoms with Crippen molar-refractivity contribution in [1.29, 1.82) is 0 Å². The molecule has 0 aliphatic heterocycles. The molecule has 134 valence electrons. The summed E-state index contributed by atoms with van der Waals surface area (Å²) >= 11 is 0. The minimum absolute atomic E-state index is 0.110. The van der Waals surface area contributed by atoms with Crippen LogP contribution in [0.1, 0.15) is 27.0 Å². The van der Waals surface area contributed by atoms with E-state index in [-0.39, 0.29) is 5.91 Å². The smallest absolute Gasteiger partial charge is 0.256 e. The molecule has 1 aromatic heterocycles. The van der Waals surface area contributed by atoms with Crippen LogP contribution in [0.4, 0.5) is 5.69 Å². The van der Waals surface area contributed by atoms with Gasteiger partial charge < -0.3 is 5.32 Å². The number of carbonyl (C=O) groups is 1. The van der Waals surface area contributed by atoms with Crippen molar-refractivity contribution in [2.45, 2.75) is 20.4 Å². The molecule has 4 heteroatoms. The molecule has 0 atom stereocenters. The number of hydrogen-bond donors (Lipinski definition) is 1. The van der Waals surface area contributed by atoms with E-state index in [1.54, 1.807) is 6.20 Å². The third-order valence-electron chi connectivity index (χ3n) is 4.74. The van der Waals surface area contributed by atoms with Gasteiger partial charge in [-0.15, -0.1) is 0 Å². The van der Waals surface area contributed by atoms with E-state index < -0.39 is 0 Å². The van der Waals surface area contributed by atoms with Gasteiger partial charge in [-0.1, -0.05) is 60.2 Å². The third kappa shape index (κ3) is 3.60. The molecular formula is C23H21N3O. The number of nitrogens with zero attached hydrogens (tertiary/aromatic N) is 2. The molecule has 0 spiro atoms. The molecule has 0 fully saturated rings. The van der Waals surface area contributed by atoms with Crippen LogP contribution in [0.15, 0.2) is 73.1 Å². The molecule has 0 aliphatic carbocycles. The van der Waals surface area contributed by atoms with Crippen molar-refractivity contribution in [3.05, 3.63) is 95.3 Å². The molecule has 0 radical (unpaired) electrons. The van der Waals surface area contributed by atoms with Crippen molar-refractivity contribution in [2.24, 2.45) is 0 Å². The van der Waals surface area contributed by atoms with Crippen LogP contribution < -0.4 is 5.32 Å². The number of aromatic nitrogens is 2. The minimum atomic E-state index is -0.110. The van der Waals surface area contributed by atoms with Crippen LogP contribution in [0.3, 0.4) is 0 Å². The highest BCUT2D eigenvalue weighted by molar-refractivity contribution is 6.05. The lowest BCUT2D eigenvalue weighted by Gasteiger charge is -2.08. The summed E-state index contributed by atoms with van der Waals surface area (Å²) < 4.78 is 1.85. The van der Waals surface area contributed by atoms with Gasteiger partial charge in [-0.25, -0.2) is 0 Å². The number of benzene rings is 3. The second kappa shape index (κ2) is 7.08. The summed E-state index contributed by atoms with van der Waals surface area (Å²) in [7, 11) is 0. The number of amides is 1. The van der Waals surface area contributed by atoms with E-state index in [2.05, 4.69) is 40.7 Å². The molecule has 0 bridgehead atoms. The maximum Gasteiger partial charge on any atom is 0.256 e.